The summed E-state index contributed by atoms with van der Waals surface area (Å²) in [7, 11) is 1.59. The number of ether oxygens (including phenoxy) is 1. The molecule has 0 saturated heterocycles. The Morgan fingerprint density at radius 2 is 2.29 bits per heavy atom. The standard InChI is InChI=1S/C11H17N3O2S/c1-8-10(16-2)4-3-9(13-5-6-15)7-17-11(12)14-8/h3-4,7,13,15H,5-6H2,1-2H3,(H2,12,14). The van der Waals surface area contributed by atoms with Crippen LogP contribution in [0.2, 0.25) is 0 Å². The average molecular weight is 255 g/mol. The van der Waals surface area contributed by atoms with E-state index in [2.05, 4.69) is 10.3 Å². The van der Waals surface area contributed by atoms with Crippen LogP contribution in [0, 0.1) is 6.92 Å². The minimum atomic E-state index is 0.0748. The summed E-state index contributed by atoms with van der Waals surface area (Å²) >= 11 is 1.32. The highest BCUT2D eigenvalue weighted by atomic mass is 32.1. The summed E-state index contributed by atoms with van der Waals surface area (Å²) in [6.45, 7) is 2.40. The van der Waals surface area contributed by atoms with Gasteiger partial charge in [0.1, 0.15) is 5.75 Å². The second-order valence-electron chi connectivity index (χ2n) is 3.28. The Morgan fingerprint density at radius 1 is 1.53 bits per heavy atom. The molecule has 0 atom stereocenters. The van der Waals surface area contributed by atoms with Crippen molar-refractivity contribution in [1.82, 2.24) is 4.98 Å². The lowest BCUT2D eigenvalue weighted by molar-refractivity contribution is 0.311. The smallest absolute Gasteiger partial charge is 0.180 e. The highest BCUT2D eigenvalue weighted by Crippen LogP contribution is 2.17. The molecule has 0 fully saturated rings. The molecule has 0 amide bonds. The fourth-order valence-electron chi connectivity index (χ4n) is 1.21. The Kier molecular flexibility index (Phi) is 5.51. The van der Waals surface area contributed by atoms with E-state index in [0.717, 1.165) is 11.4 Å². The molecule has 5 nitrogen and oxygen atoms in total. The van der Waals surface area contributed by atoms with Gasteiger partial charge in [0.2, 0.25) is 0 Å². The predicted octanol–water partition coefficient (Wildman–Crippen LogP) is 1.57. The van der Waals surface area contributed by atoms with E-state index >= 15 is 0 Å². The zero-order valence-corrected chi connectivity index (χ0v) is 10.8. The molecule has 1 aromatic rings. The zero-order chi connectivity index (χ0) is 12.7. The largest absolute Gasteiger partial charge is 0.495 e. The van der Waals surface area contributed by atoms with Gasteiger partial charge < -0.3 is 20.9 Å². The number of nitrogens with two attached hydrogens (primary N) is 1. The number of nitrogens with one attached hydrogen (secondary N) is 1. The molecule has 1 heterocycles. The van der Waals surface area contributed by atoms with Crippen LogP contribution in [0.3, 0.4) is 0 Å². The molecule has 0 radical (unpaired) electrons. The van der Waals surface area contributed by atoms with Crippen LogP contribution in [0.5, 0.6) is 5.75 Å². The molecule has 1 aromatic heterocycles. The summed E-state index contributed by atoms with van der Waals surface area (Å²) in [5.41, 5.74) is 7.33. The Morgan fingerprint density at radius 3 is 2.94 bits per heavy atom. The van der Waals surface area contributed by atoms with Gasteiger partial charge in [-0.05, 0) is 19.1 Å². The number of aliphatic hydroxyl groups is 1. The Labute approximate surface area is 105 Å². The van der Waals surface area contributed by atoms with Gasteiger partial charge in [0.05, 0.1) is 19.4 Å². The van der Waals surface area contributed by atoms with Crippen LogP contribution in [-0.2, 0) is 0 Å². The number of hydrogen-bond donors (Lipinski definition) is 3. The first-order valence-corrected chi connectivity index (χ1v) is 6.04. The lowest BCUT2D eigenvalue weighted by Gasteiger charge is -2.01. The number of aliphatic hydroxyl groups excluding tert-OH is 1. The number of hydrogen-bond acceptors (Lipinski definition) is 6. The molecule has 0 aliphatic heterocycles. The first-order valence-electron chi connectivity index (χ1n) is 5.16. The summed E-state index contributed by atoms with van der Waals surface area (Å²) in [5, 5.41) is 14.1. The topological polar surface area (TPSA) is 80.4 Å². The maximum atomic E-state index is 8.77. The van der Waals surface area contributed by atoms with E-state index in [4.69, 9.17) is 15.6 Å². The Bertz CT molecular complexity index is 419. The van der Waals surface area contributed by atoms with Crippen LogP contribution in [0.4, 0.5) is 10.8 Å². The summed E-state index contributed by atoms with van der Waals surface area (Å²) in [6.07, 6.45) is 0. The van der Waals surface area contributed by atoms with Gasteiger partial charge in [-0.15, -0.1) is 11.3 Å². The van der Waals surface area contributed by atoms with Crippen molar-refractivity contribution >= 4 is 22.2 Å². The molecule has 0 spiro atoms. The number of aryl methyl sites for hydroxylation is 1. The summed E-state index contributed by atoms with van der Waals surface area (Å²) in [6, 6.07) is 3.67. The number of aromatic nitrogens is 1. The van der Waals surface area contributed by atoms with Crippen molar-refractivity contribution in [1.29, 1.82) is 0 Å². The number of rotatable bonds is 4. The second kappa shape index (κ2) is 6.93. The molecule has 4 N–H and O–H groups in total. The van der Waals surface area contributed by atoms with Crippen LogP contribution in [0.25, 0.3) is 0 Å². The lowest BCUT2D eigenvalue weighted by Crippen LogP contribution is -2.04. The molecule has 0 saturated carbocycles. The minimum Gasteiger partial charge on any atom is -0.495 e. The van der Waals surface area contributed by atoms with Crippen LogP contribution in [0.1, 0.15) is 5.69 Å². The fraction of sp³-hybridized carbons (Fsp3) is 0.364. The molecule has 6 heteroatoms. The molecule has 0 bridgehead atoms. The average Bonchev–Trinajstić information content (AvgIpc) is 2.37. The molecule has 0 unspecified atom stereocenters. The highest BCUT2D eigenvalue weighted by molar-refractivity contribution is 7.13. The van der Waals surface area contributed by atoms with Crippen molar-refractivity contribution in [2.24, 2.45) is 0 Å². The zero-order valence-electron chi connectivity index (χ0n) is 9.93. The molecule has 17 heavy (non-hydrogen) atoms. The molecule has 0 aliphatic carbocycles. The second-order valence-corrected chi connectivity index (χ2v) is 4.17. The molecule has 1 rings (SSSR count). The molecule has 0 aromatic carbocycles. The van der Waals surface area contributed by atoms with Gasteiger partial charge in [0, 0.05) is 17.6 Å². The third-order valence-corrected chi connectivity index (χ3v) is 2.72. The molecule has 94 valence electrons. The van der Waals surface area contributed by atoms with E-state index in [1.807, 2.05) is 24.4 Å². The van der Waals surface area contributed by atoms with Gasteiger partial charge >= 0.3 is 0 Å². The monoisotopic (exact) mass is 255 g/mol. The van der Waals surface area contributed by atoms with Gasteiger partial charge in [-0.1, -0.05) is 0 Å². The van der Waals surface area contributed by atoms with Crippen molar-refractivity contribution < 1.29 is 9.84 Å². The molecular formula is C11H17N3O2S. The minimum absolute atomic E-state index is 0.0748. The fourth-order valence-corrected chi connectivity index (χ4v) is 1.81. The Hall–Kier alpha value is -1.53. The van der Waals surface area contributed by atoms with E-state index < -0.39 is 0 Å². The van der Waals surface area contributed by atoms with Crippen LogP contribution < -0.4 is 15.8 Å². The Balaban J connectivity index is 3.21. The lowest BCUT2D eigenvalue weighted by atomic mass is 10.3. The first kappa shape index (κ1) is 13.5. The van der Waals surface area contributed by atoms with Crippen molar-refractivity contribution in [3.8, 4) is 5.75 Å². The maximum Gasteiger partial charge on any atom is 0.180 e. The number of methoxy groups -OCH3 is 1. The summed E-state index contributed by atoms with van der Waals surface area (Å²) in [5.74, 6) is 0.659. The third-order valence-electron chi connectivity index (χ3n) is 2.02. The maximum absolute atomic E-state index is 8.77. The predicted molar refractivity (Wildman–Crippen MR) is 71.0 cm³/mol. The number of nitrogens with zero attached hydrogens (tertiary/aromatic N) is 1. The van der Waals surface area contributed by atoms with Crippen molar-refractivity contribution in [2.45, 2.75) is 6.92 Å². The van der Waals surface area contributed by atoms with Gasteiger partial charge in [-0.2, -0.15) is 0 Å². The quantitative estimate of drug-likeness (QED) is 0.761. The van der Waals surface area contributed by atoms with E-state index in [0.29, 0.717) is 17.4 Å². The van der Waals surface area contributed by atoms with E-state index in [9.17, 15) is 0 Å². The highest BCUT2D eigenvalue weighted by Gasteiger charge is 1.96. The molecule has 0 aliphatic rings. The summed E-state index contributed by atoms with van der Waals surface area (Å²) < 4.78 is 5.21. The van der Waals surface area contributed by atoms with E-state index in [-0.39, 0.29) is 6.61 Å². The van der Waals surface area contributed by atoms with Crippen molar-refractivity contribution in [2.75, 3.05) is 31.3 Å². The van der Waals surface area contributed by atoms with Gasteiger partial charge in [-0.25, -0.2) is 4.98 Å². The van der Waals surface area contributed by atoms with E-state index in [1.54, 1.807) is 7.11 Å². The van der Waals surface area contributed by atoms with Crippen LogP contribution >= 0.6 is 11.3 Å². The van der Waals surface area contributed by atoms with Gasteiger partial charge in [0.25, 0.3) is 0 Å². The van der Waals surface area contributed by atoms with Crippen LogP contribution in [-0.4, -0.2) is 30.4 Å². The van der Waals surface area contributed by atoms with Crippen molar-refractivity contribution in [3.05, 3.63) is 23.2 Å². The summed E-state index contributed by atoms with van der Waals surface area (Å²) in [4.78, 5) is 4.20. The normalized spacial score (nSPS) is 9.59. The van der Waals surface area contributed by atoms with E-state index in [1.165, 1.54) is 11.3 Å². The van der Waals surface area contributed by atoms with Crippen LogP contribution in [0.15, 0.2) is 17.5 Å². The third kappa shape index (κ3) is 4.46. The number of nitrogen functional groups attached to an aromatic ring is 1. The molecular weight excluding hydrogens is 238 g/mol. The van der Waals surface area contributed by atoms with Gasteiger partial charge in [-0.3, -0.25) is 0 Å². The SMILES string of the molecule is COc1ccc(NCCO)csc(N)nc1C. The van der Waals surface area contributed by atoms with Crippen molar-refractivity contribution in [3.63, 3.8) is 0 Å². The number of anilines is 2. The van der Waals surface area contributed by atoms with Gasteiger partial charge in [0.15, 0.2) is 5.13 Å². The first-order chi connectivity index (χ1) is 8.17.